The minimum Gasteiger partial charge on any atom is -0.384 e. The SMILES string of the molecule is Nc1cc(NCC(C2CC2)C2CC2)ncn1. The van der Waals surface area contributed by atoms with Crippen LogP contribution in [0.5, 0.6) is 0 Å². The van der Waals surface area contributed by atoms with Crippen molar-refractivity contribution in [3.63, 3.8) is 0 Å². The summed E-state index contributed by atoms with van der Waals surface area (Å²) in [6.07, 6.45) is 7.22. The second kappa shape index (κ2) is 3.92. The minimum atomic E-state index is 0.534. The van der Waals surface area contributed by atoms with E-state index in [0.717, 1.165) is 30.1 Å². The highest BCUT2D eigenvalue weighted by molar-refractivity contribution is 5.43. The Morgan fingerprint density at radius 2 is 1.94 bits per heavy atom. The lowest BCUT2D eigenvalue weighted by atomic mass is 9.98. The Hall–Kier alpha value is -1.32. The van der Waals surface area contributed by atoms with Crippen LogP contribution in [-0.4, -0.2) is 16.5 Å². The van der Waals surface area contributed by atoms with Crippen LogP contribution in [0.15, 0.2) is 12.4 Å². The number of nitrogens with one attached hydrogen (secondary N) is 1. The third kappa shape index (κ3) is 2.26. The molecule has 0 amide bonds. The van der Waals surface area contributed by atoms with E-state index in [1.165, 1.54) is 32.0 Å². The first-order valence-corrected chi connectivity index (χ1v) is 6.14. The van der Waals surface area contributed by atoms with Crippen LogP contribution in [0.1, 0.15) is 25.7 Å². The van der Waals surface area contributed by atoms with Crippen LogP contribution >= 0.6 is 0 Å². The minimum absolute atomic E-state index is 0.534. The predicted octanol–water partition coefficient (Wildman–Crippen LogP) is 1.91. The molecule has 3 N–H and O–H groups in total. The van der Waals surface area contributed by atoms with Gasteiger partial charge < -0.3 is 11.1 Å². The highest BCUT2D eigenvalue weighted by atomic mass is 15.0. The number of nitrogens with two attached hydrogens (primary N) is 1. The van der Waals surface area contributed by atoms with Gasteiger partial charge in [-0.15, -0.1) is 0 Å². The molecule has 0 atom stereocenters. The lowest BCUT2D eigenvalue weighted by Gasteiger charge is -2.16. The topological polar surface area (TPSA) is 63.8 Å². The van der Waals surface area contributed by atoms with Gasteiger partial charge in [-0.1, -0.05) is 0 Å². The fourth-order valence-electron chi connectivity index (χ4n) is 2.46. The molecule has 0 bridgehead atoms. The zero-order chi connectivity index (χ0) is 11.0. The lowest BCUT2D eigenvalue weighted by molar-refractivity contribution is 0.427. The molecular formula is C12H18N4. The highest BCUT2D eigenvalue weighted by Gasteiger charge is 2.40. The average Bonchev–Trinajstić information content (AvgIpc) is 3.13. The quantitative estimate of drug-likeness (QED) is 0.792. The van der Waals surface area contributed by atoms with Gasteiger partial charge in [-0.3, -0.25) is 0 Å². The first-order valence-electron chi connectivity index (χ1n) is 6.14. The number of rotatable bonds is 5. The molecule has 16 heavy (non-hydrogen) atoms. The van der Waals surface area contributed by atoms with Crippen LogP contribution in [0.4, 0.5) is 11.6 Å². The van der Waals surface area contributed by atoms with Crippen molar-refractivity contribution in [3.05, 3.63) is 12.4 Å². The fraction of sp³-hybridized carbons (Fsp3) is 0.667. The zero-order valence-electron chi connectivity index (χ0n) is 9.39. The summed E-state index contributed by atoms with van der Waals surface area (Å²) in [7, 11) is 0. The van der Waals surface area contributed by atoms with Gasteiger partial charge in [0.15, 0.2) is 0 Å². The maximum absolute atomic E-state index is 5.62. The van der Waals surface area contributed by atoms with E-state index >= 15 is 0 Å². The molecule has 3 rings (SSSR count). The molecule has 0 aliphatic heterocycles. The summed E-state index contributed by atoms with van der Waals surface area (Å²) >= 11 is 0. The molecule has 2 aliphatic rings. The summed E-state index contributed by atoms with van der Waals surface area (Å²) < 4.78 is 0. The van der Waals surface area contributed by atoms with E-state index < -0.39 is 0 Å². The molecular weight excluding hydrogens is 200 g/mol. The predicted molar refractivity (Wildman–Crippen MR) is 63.9 cm³/mol. The zero-order valence-corrected chi connectivity index (χ0v) is 9.39. The third-order valence-electron chi connectivity index (χ3n) is 3.66. The molecule has 1 aromatic rings. The molecule has 0 radical (unpaired) electrons. The largest absolute Gasteiger partial charge is 0.384 e. The second-order valence-electron chi connectivity index (χ2n) is 5.05. The van der Waals surface area contributed by atoms with Crippen LogP contribution in [0, 0.1) is 17.8 Å². The van der Waals surface area contributed by atoms with E-state index in [2.05, 4.69) is 15.3 Å². The van der Waals surface area contributed by atoms with Gasteiger partial charge in [0.1, 0.15) is 18.0 Å². The molecule has 2 aliphatic carbocycles. The molecule has 4 nitrogen and oxygen atoms in total. The number of hydrogen-bond acceptors (Lipinski definition) is 4. The fourth-order valence-corrected chi connectivity index (χ4v) is 2.46. The van der Waals surface area contributed by atoms with Gasteiger partial charge in [0.2, 0.25) is 0 Å². The van der Waals surface area contributed by atoms with Gasteiger partial charge in [0.25, 0.3) is 0 Å². The van der Waals surface area contributed by atoms with Crippen molar-refractivity contribution in [1.82, 2.24) is 9.97 Å². The van der Waals surface area contributed by atoms with Gasteiger partial charge in [-0.2, -0.15) is 0 Å². The van der Waals surface area contributed by atoms with E-state index in [4.69, 9.17) is 5.73 Å². The normalized spacial score (nSPS) is 20.1. The average molecular weight is 218 g/mol. The van der Waals surface area contributed by atoms with Gasteiger partial charge in [-0.25, -0.2) is 9.97 Å². The van der Waals surface area contributed by atoms with Crippen molar-refractivity contribution in [2.24, 2.45) is 17.8 Å². The maximum atomic E-state index is 5.62. The smallest absolute Gasteiger partial charge is 0.131 e. The molecule has 0 aromatic carbocycles. The van der Waals surface area contributed by atoms with Crippen molar-refractivity contribution in [2.45, 2.75) is 25.7 Å². The first-order chi connectivity index (χ1) is 7.83. The van der Waals surface area contributed by atoms with Gasteiger partial charge >= 0.3 is 0 Å². The highest BCUT2D eigenvalue weighted by Crippen LogP contribution is 2.49. The monoisotopic (exact) mass is 218 g/mol. The van der Waals surface area contributed by atoms with E-state index in [-0.39, 0.29) is 0 Å². The Balaban J connectivity index is 1.58. The second-order valence-corrected chi connectivity index (χ2v) is 5.05. The van der Waals surface area contributed by atoms with Gasteiger partial charge in [-0.05, 0) is 43.4 Å². The van der Waals surface area contributed by atoms with Crippen LogP contribution in [0.25, 0.3) is 0 Å². The van der Waals surface area contributed by atoms with Crippen LogP contribution < -0.4 is 11.1 Å². The third-order valence-corrected chi connectivity index (χ3v) is 3.66. The van der Waals surface area contributed by atoms with Crippen molar-refractivity contribution in [1.29, 1.82) is 0 Å². The van der Waals surface area contributed by atoms with Crippen molar-refractivity contribution in [3.8, 4) is 0 Å². The first kappa shape index (κ1) is 9.87. The number of nitrogens with zero attached hydrogens (tertiary/aromatic N) is 2. The number of anilines is 2. The summed E-state index contributed by atoms with van der Waals surface area (Å²) in [6, 6.07) is 1.80. The van der Waals surface area contributed by atoms with Gasteiger partial charge in [0.05, 0.1) is 0 Å². The van der Waals surface area contributed by atoms with Crippen molar-refractivity contribution < 1.29 is 0 Å². The molecule has 4 heteroatoms. The van der Waals surface area contributed by atoms with Gasteiger partial charge in [0, 0.05) is 12.6 Å². The van der Waals surface area contributed by atoms with Crippen LogP contribution in [0.2, 0.25) is 0 Å². The summed E-state index contributed by atoms with van der Waals surface area (Å²) in [5, 5.41) is 3.40. The standard InChI is InChI=1S/C12H18N4/c13-11-5-12(16-7-15-11)14-6-10(8-1-2-8)9-3-4-9/h5,7-10H,1-4,6H2,(H3,13,14,15,16). The van der Waals surface area contributed by atoms with Crippen LogP contribution in [-0.2, 0) is 0 Å². The summed E-state index contributed by atoms with van der Waals surface area (Å²) in [5.74, 6) is 4.19. The van der Waals surface area contributed by atoms with E-state index in [1.54, 1.807) is 6.07 Å². The molecule has 0 spiro atoms. The molecule has 0 unspecified atom stereocenters. The number of aromatic nitrogens is 2. The molecule has 1 heterocycles. The van der Waals surface area contributed by atoms with Crippen molar-refractivity contribution >= 4 is 11.6 Å². The Labute approximate surface area is 95.7 Å². The summed E-state index contributed by atoms with van der Waals surface area (Å²) in [5.41, 5.74) is 5.62. The molecule has 86 valence electrons. The number of nitrogen functional groups attached to an aromatic ring is 1. The Bertz CT molecular complexity index is 359. The molecule has 2 saturated carbocycles. The molecule has 1 aromatic heterocycles. The van der Waals surface area contributed by atoms with E-state index in [9.17, 15) is 0 Å². The van der Waals surface area contributed by atoms with Crippen LogP contribution in [0.3, 0.4) is 0 Å². The number of hydrogen-bond donors (Lipinski definition) is 2. The van der Waals surface area contributed by atoms with Crippen molar-refractivity contribution in [2.75, 3.05) is 17.6 Å². The molecule has 2 fully saturated rings. The summed E-state index contributed by atoms with van der Waals surface area (Å²) in [4.78, 5) is 8.06. The Morgan fingerprint density at radius 1 is 1.25 bits per heavy atom. The van der Waals surface area contributed by atoms with E-state index in [0.29, 0.717) is 5.82 Å². The maximum Gasteiger partial charge on any atom is 0.131 e. The summed E-state index contributed by atoms with van der Waals surface area (Å²) in [6.45, 7) is 1.05. The van der Waals surface area contributed by atoms with E-state index in [1.807, 2.05) is 0 Å². The Morgan fingerprint density at radius 3 is 2.50 bits per heavy atom. The lowest BCUT2D eigenvalue weighted by Crippen LogP contribution is -2.18. The molecule has 0 saturated heterocycles. The Kier molecular flexibility index (Phi) is 2.42.